The molecule has 10 nitrogen and oxygen atoms in total. The number of nitrogens with two attached hydrogens (primary N) is 1. The molecule has 0 fully saturated rings. The van der Waals surface area contributed by atoms with Crippen LogP contribution in [0.4, 0.5) is 11.5 Å². The van der Waals surface area contributed by atoms with Crippen molar-refractivity contribution in [2.45, 2.75) is 13.0 Å². The second kappa shape index (κ2) is 11.1. The summed E-state index contributed by atoms with van der Waals surface area (Å²) >= 11 is 0. The molecule has 3 N–H and O–H groups in total. The van der Waals surface area contributed by atoms with Crippen LogP contribution in [0.3, 0.4) is 0 Å². The Balaban J connectivity index is 1.65. The Labute approximate surface area is 235 Å². The number of fused-ring (bicyclic) bond motifs is 1. The highest BCUT2D eigenvalue weighted by Gasteiger charge is 2.24. The summed E-state index contributed by atoms with van der Waals surface area (Å²) in [5.74, 6) is 5.93. The Hall–Kier alpha value is -5.82. The van der Waals surface area contributed by atoms with E-state index >= 15 is 0 Å². The molecule has 10 heteroatoms. The highest BCUT2D eigenvalue weighted by Crippen LogP contribution is 2.29. The minimum Gasteiger partial charge on any atom is -0.383 e. The van der Waals surface area contributed by atoms with Gasteiger partial charge in [-0.1, -0.05) is 48.8 Å². The highest BCUT2D eigenvalue weighted by atomic mass is 16.2. The molecule has 0 saturated carbocycles. The lowest BCUT2D eigenvalue weighted by molar-refractivity contribution is 0.0939. The number of nitrogen functional groups attached to an aromatic ring is 1. The van der Waals surface area contributed by atoms with Crippen LogP contribution in [0.5, 0.6) is 0 Å². The van der Waals surface area contributed by atoms with Crippen molar-refractivity contribution in [1.29, 1.82) is 0 Å². The number of benzene rings is 2. The number of nitrogens with zero attached hydrogens (tertiary/aromatic N) is 6. The average Bonchev–Trinajstić information content (AvgIpc) is 3.40. The molecule has 1 amide bonds. The van der Waals surface area contributed by atoms with Crippen molar-refractivity contribution in [3.8, 4) is 17.5 Å². The van der Waals surface area contributed by atoms with Crippen molar-refractivity contribution in [3.05, 3.63) is 112 Å². The molecule has 0 spiro atoms. The van der Waals surface area contributed by atoms with Gasteiger partial charge in [-0.2, -0.15) is 5.10 Å². The standard InChI is InChI=1S/C31H26N8O2/c1-5-21-17-34-28(32)26(27(21)33-3)30(40)36-19(2)29-37-24-13-9-10-22(15-14-20-16-35-38(4)18-20)25(24)31(41)39(29)23-11-7-6-8-12-23/h5-13,16-19H,1,3H2,2,4H3,(H2,32,34)(H,36,40). The molecule has 0 aliphatic heterocycles. The van der Waals surface area contributed by atoms with E-state index in [2.05, 4.69) is 45.5 Å². The Bertz CT molecular complexity index is 1940. The summed E-state index contributed by atoms with van der Waals surface area (Å²) < 4.78 is 3.14. The van der Waals surface area contributed by atoms with E-state index in [9.17, 15) is 9.59 Å². The zero-order valence-corrected chi connectivity index (χ0v) is 22.5. The fourth-order valence-corrected chi connectivity index (χ4v) is 4.50. The van der Waals surface area contributed by atoms with Crippen molar-refractivity contribution in [2.75, 3.05) is 5.73 Å². The van der Waals surface area contributed by atoms with Gasteiger partial charge in [0, 0.05) is 30.6 Å². The number of hydrogen-bond acceptors (Lipinski definition) is 7. The fourth-order valence-electron chi connectivity index (χ4n) is 4.50. The molecular weight excluding hydrogens is 516 g/mol. The van der Waals surface area contributed by atoms with Gasteiger partial charge >= 0.3 is 0 Å². The van der Waals surface area contributed by atoms with Gasteiger partial charge in [-0.25, -0.2) is 9.97 Å². The normalized spacial score (nSPS) is 11.4. The van der Waals surface area contributed by atoms with Crippen LogP contribution in [-0.2, 0) is 7.05 Å². The van der Waals surface area contributed by atoms with E-state index < -0.39 is 11.9 Å². The van der Waals surface area contributed by atoms with E-state index in [1.807, 2.05) is 25.2 Å². The third-order valence-corrected chi connectivity index (χ3v) is 6.43. The predicted octanol–water partition coefficient (Wildman–Crippen LogP) is 3.96. The van der Waals surface area contributed by atoms with Crippen LogP contribution in [0.1, 0.15) is 45.8 Å². The molecule has 0 saturated heterocycles. The van der Waals surface area contributed by atoms with Gasteiger partial charge in [-0.15, -0.1) is 0 Å². The molecule has 1 atom stereocenters. The fraction of sp³-hybridized carbons (Fsp3) is 0.0968. The Morgan fingerprint density at radius 1 is 1.15 bits per heavy atom. The molecule has 5 rings (SSSR count). The molecule has 0 radical (unpaired) electrons. The number of amides is 1. The Kier molecular flexibility index (Phi) is 7.26. The highest BCUT2D eigenvalue weighted by molar-refractivity contribution is 6.04. The quantitative estimate of drug-likeness (QED) is 0.247. The maximum atomic E-state index is 14.1. The van der Waals surface area contributed by atoms with Gasteiger partial charge < -0.3 is 11.1 Å². The lowest BCUT2D eigenvalue weighted by Crippen LogP contribution is -2.34. The van der Waals surface area contributed by atoms with Crippen LogP contribution in [0.25, 0.3) is 22.7 Å². The minimum absolute atomic E-state index is 0.00791. The largest absolute Gasteiger partial charge is 0.383 e. The summed E-state index contributed by atoms with van der Waals surface area (Å²) in [5.41, 5.74) is 8.85. The van der Waals surface area contributed by atoms with Crippen molar-refractivity contribution in [3.63, 3.8) is 0 Å². The monoisotopic (exact) mass is 542 g/mol. The zero-order chi connectivity index (χ0) is 29.1. The summed E-state index contributed by atoms with van der Waals surface area (Å²) in [6.45, 7) is 9.04. The van der Waals surface area contributed by atoms with E-state index in [4.69, 9.17) is 10.7 Å². The number of hydrogen-bond donors (Lipinski definition) is 2. The lowest BCUT2D eigenvalue weighted by Gasteiger charge is -2.21. The number of carbonyl (C=O) groups excluding carboxylic acids is 1. The topological polar surface area (TPSA) is 133 Å². The molecule has 5 aromatic rings. The molecule has 41 heavy (non-hydrogen) atoms. The molecule has 3 aromatic heterocycles. The molecule has 3 heterocycles. The van der Waals surface area contributed by atoms with Gasteiger partial charge in [0.2, 0.25) is 0 Å². The number of aromatic nitrogens is 5. The SMILES string of the molecule is C=Cc1cnc(N)c(C(=O)NC(C)c2nc3cccc(C#Cc4cnn(C)c4)c3c(=O)n2-c2ccccc2)c1N=C. The summed E-state index contributed by atoms with van der Waals surface area (Å²) in [5, 5.41) is 7.41. The van der Waals surface area contributed by atoms with E-state index in [0.29, 0.717) is 33.5 Å². The molecule has 0 aliphatic carbocycles. The van der Waals surface area contributed by atoms with Crippen LogP contribution in [0.2, 0.25) is 0 Å². The minimum atomic E-state index is -0.727. The number of pyridine rings is 1. The molecule has 0 aliphatic rings. The first-order valence-corrected chi connectivity index (χ1v) is 12.6. The predicted molar refractivity (Wildman–Crippen MR) is 160 cm³/mol. The van der Waals surface area contributed by atoms with Crippen LogP contribution in [0.15, 0.2) is 83.5 Å². The third-order valence-electron chi connectivity index (χ3n) is 6.43. The van der Waals surface area contributed by atoms with Crippen molar-refractivity contribution in [1.82, 2.24) is 29.6 Å². The van der Waals surface area contributed by atoms with Gasteiger partial charge in [0.1, 0.15) is 17.2 Å². The van der Waals surface area contributed by atoms with E-state index in [1.165, 1.54) is 16.8 Å². The molecule has 202 valence electrons. The summed E-state index contributed by atoms with van der Waals surface area (Å²) in [6.07, 6.45) is 6.44. The second-order valence-corrected chi connectivity index (χ2v) is 9.18. The van der Waals surface area contributed by atoms with Gasteiger partial charge in [-0.3, -0.25) is 23.8 Å². The maximum Gasteiger partial charge on any atom is 0.267 e. The first kappa shape index (κ1) is 26.8. The second-order valence-electron chi connectivity index (χ2n) is 9.18. The number of anilines is 1. The summed E-state index contributed by atoms with van der Waals surface area (Å²) in [7, 11) is 1.81. The number of rotatable bonds is 6. The van der Waals surface area contributed by atoms with E-state index in [0.717, 1.165) is 5.56 Å². The van der Waals surface area contributed by atoms with Crippen LogP contribution in [-0.4, -0.2) is 36.9 Å². The van der Waals surface area contributed by atoms with Crippen molar-refractivity contribution in [2.24, 2.45) is 12.0 Å². The average molecular weight is 543 g/mol. The Morgan fingerprint density at radius 3 is 2.61 bits per heavy atom. The van der Waals surface area contributed by atoms with E-state index in [-0.39, 0.29) is 22.6 Å². The Morgan fingerprint density at radius 2 is 1.93 bits per heavy atom. The van der Waals surface area contributed by atoms with Gasteiger partial charge in [0.25, 0.3) is 11.5 Å². The summed E-state index contributed by atoms with van der Waals surface area (Å²) in [6, 6.07) is 13.7. The third kappa shape index (κ3) is 5.12. The molecule has 2 aromatic carbocycles. The van der Waals surface area contributed by atoms with Gasteiger partial charge in [0.05, 0.1) is 40.1 Å². The number of carbonyl (C=O) groups is 1. The van der Waals surface area contributed by atoms with Gasteiger partial charge in [0.15, 0.2) is 0 Å². The number of aliphatic imine (C=N–C) groups is 1. The number of para-hydroxylation sites is 1. The first-order valence-electron chi connectivity index (χ1n) is 12.6. The summed E-state index contributed by atoms with van der Waals surface area (Å²) in [4.78, 5) is 40.5. The van der Waals surface area contributed by atoms with Crippen LogP contribution >= 0.6 is 0 Å². The smallest absolute Gasteiger partial charge is 0.267 e. The van der Waals surface area contributed by atoms with Crippen LogP contribution in [0, 0.1) is 11.8 Å². The van der Waals surface area contributed by atoms with Crippen molar-refractivity contribution >= 4 is 41.1 Å². The molecule has 0 bridgehead atoms. The van der Waals surface area contributed by atoms with Crippen LogP contribution < -0.4 is 16.6 Å². The number of aryl methyl sites for hydroxylation is 1. The molecule has 1 unspecified atom stereocenters. The van der Waals surface area contributed by atoms with Crippen molar-refractivity contribution < 1.29 is 4.79 Å². The van der Waals surface area contributed by atoms with Gasteiger partial charge in [-0.05, 0) is 37.9 Å². The lowest BCUT2D eigenvalue weighted by atomic mass is 10.1. The maximum absolute atomic E-state index is 14.1. The number of nitrogens with one attached hydrogen (secondary N) is 1. The first-order chi connectivity index (χ1) is 19.8. The van der Waals surface area contributed by atoms with E-state index in [1.54, 1.807) is 54.3 Å². The zero-order valence-electron chi connectivity index (χ0n) is 22.5. The molecular formula is C31H26N8O2.